The first kappa shape index (κ1) is 11.4. The molecule has 4 heteroatoms. The Labute approximate surface area is 98.9 Å². The van der Waals surface area contributed by atoms with Gasteiger partial charge in [-0.3, -0.25) is 4.79 Å². The summed E-state index contributed by atoms with van der Waals surface area (Å²) in [4.78, 5) is 14.8. The molecule has 0 saturated heterocycles. The smallest absolute Gasteiger partial charge is 0.309 e. The molecule has 88 valence electrons. The van der Waals surface area contributed by atoms with Crippen LogP contribution < -0.4 is 0 Å². The van der Waals surface area contributed by atoms with Crippen molar-refractivity contribution in [3.8, 4) is 11.5 Å². The van der Waals surface area contributed by atoms with Gasteiger partial charge in [-0.1, -0.05) is 17.7 Å². The number of hydrogen-bond donors (Lipinski definition) is 1. The van der Waals surface area contributed by atoms with E-state index in [0.29, 0.717) is 17.3 Å². The van der Waals surface area contributed by atoms with Crippen LogP contribution >= 0.6 is 0 Å². The maximum Gasteiger partial charge on any atom is 0.309 e. The summed E-state index contributed by atoms with van der Waals surface area (Å²) in [6.45, 7) is 3.73. The number of hydrogen-bond acceptors (Lipinski definition) is 3. The third-order valence-electron chi connectivity index (χ3n) is 2.51. The summed E-state index contributed by atoms with van der Waals surface area (Å²) in [5.41, 5.74) is 2.49. The van der Waals surface area contributed by atoms with Crippen LogP contribution in [0, 0.1) is 13.8 Å². The monoisotopic (exact) mass is 231 g/mol. The molecule has 0 bridgehead atoms. The first-order valence-electron chi connectivity index (χ1n) is 5.31. The zero-order valence-electron chi connectivity index (χ0n) is 9.73. The number of carboxylic acid groups (broad SMARTS) is 1. The predicted molar refractivity (Wildman–Crippen MR) is 62.8 cm³/mol. The van der Waals surface area contributed by atoms with Crippen molar-refractivity contribution in [2.24, 2.45) is 0 Å². The van der Waals surface area contributed by atoms with Crippen molar-refractivity contribution in [2.45, 2.75) is 20.3 Å². The molecule has 1 N–H and O–H groups in total. The van der Waals surface area contributed by atoms with Crippen LogP contribution in [-0.2, 0) is 11.2 Å². The Morgan fingerprint density at radius 1 is 1.29 bits per heavy atom. The second-order valence-electron chi connectivity index (χ2n) is 3.96. The summed E-state index contributed by atoms with van der Waals surface area (Å²) in [5, 5.41) is 8.73. The van der Waals surface area contributed by atoms with Gasteiger partial charge in [0.15, 0.2) is 0 Å². The zero-order chi connectivity index (χ0) is 12.4. The van der Waals surface area contributed by atoms with Gasteiger partial charge in [-0.05, 0) is 26.0 Å². The summed E-state index contributed by atoms with van der Waals surface area (Å²) in [6.07, 6.45) is -0.110. The number of nitrogens with zero attached hydrogens (tertiary/aromatic N) is 1. The maximum atomic E-state index is 10.6. The van der Waals surface area contributed by atoms with E-state index in [2.05, 4.69) is 4.98 Å². The van der Waals surface area contributed by atoms with Gasteiger partial charge in [0, 0.05) is 5.56 Å². The van der Waals surface area contributed by atoms with Crippen LogP contribution in [0.15, 0.2) is 28.7 Å². The van der Waals surface area contributed by atoms with E-state index in [1.807, 2.05) is 31.2 Å². The Hall–Kier alpha value is -2.10. The fraction of sp³-hybridized carbons (Fsp3) is 0.231. The Morgan fingerprint density at radius 3 is 2.53 bits per heavy atom. The number of oxazole rings is 1. The van der Waals surface area contributed by atoms with E-state index >= 15 is 0 Å². The van der Waals surface area contributed by atoms with Crippen LogP contribution in [0.3, 0.4) is 0 Å². The normalized spacial score (nSPS) is 10.5. The number of aryl methyl sites for hydroxylation is 2. The highest BCUT2D eigenvalue weighted by atomic mass is 16.4. The predicted octanol–water partition coefficient (Wildman–Crippen LogP) is 2.59. The van der Waals surface area contributed by atoms with Crippen molar-refractivity contribution in [3.05, 3.63) is 41.3 Å². The van der Waals surface area contributed by atoms with Crippen molar-refractivity contribution in [3.63, 3.8) is 0 Å². The molecule has 17 heavy (non-hydrogen) atoms. The lowest BCUT2D eigenvalue weighted by atomic mass is 10.1. The molecule has 0 amide bonds. The van der Waals surface area contributed by atoms with E-state index in [4.69, 9.17) is 9.52 Å². The molecule has 1 heterocycles. The van der Waals surface area contributed by atoms with Crippen molar-refractivity contribution in [1.82, 2.24) is 4.98 Å². The first-order valence-corrected chi connectivity index (χ1v) is 5.31. The summed E-state index contributed by atoms with van der Waals surface area (Å²) < 4.78 is 5.47. The Morgan fingerprint density at radius 2 is 1.94 bits per heavy atom. The third kappa shape index (κ3) is 2.53. The van der Waals surface area contributed by atoms with Crippen LogP contribution in [0.1, 0.15) is 17.0 Å². The second kappa shape index (κ2) is 4.41. The number of benzene rings is 1. The molecule has 0 saturated carbocycles. The minimum absolute atomic E-state index is 0.110. The van der Waals surface area contributed by atoms with Crippen LogP contribution in [0.4, 0.5) is 0 Å². The highest BCUT2D eigenvalue weighted by Crippen LogP contribution is 2.22. The minimum Gasteiger partial charge on any atom is -0.481 e. The highest BCUT2D eigenvalue weighted by molar-refractivity contribution is 5.70. The van der Waals surface area contributed by atoms with Gasteiger partial charge in [-0.25, -0.2) is 4.98 Å². The molecule has 0 spiro atoms. The van der Waals surface area contributed by atoms with E-state index < -0.39 is 5.97 Å². The quantitative estimate of drug-likeness (QED) is 0.881. The van der Waals surface area contributed by atoms with Crippen molar-refractivity contribution >= 4 is 5.97 Å². The maximum absolute atomic E-state index is 10.6. The number of aliphatic carboxylic acids is 1. The van der Waals surface area contributed by atoms with E-state index in [1.54, 1.807) is 6.92 Å². The molecule has 0 radical (unpaired) electrons. The summed E-state index contributed by atoms with van der Waals surface area (Å²) in [5.74, 6) is 0.124. The molecule has 0 aliphatic heterocycles. The first-order chi connectivity index (χ1) is 8.06. The van der Waals surface area contributed by atoms with Crippen molar-refractivity contribution in [2.75, 3.05) is 0 Å². The van der Waals surface area contributed by atoms with Gasteiger partial charge in [0.25, 0.3) is 0 Å². The van der Waals surface area contributed by atoms with E-state index in [0.717, 1.165) is 11.1 Å². The fourth-order valence-corrected chi connectivity index (χ4v) is 1.55. The van der Waals surface area contributed by atoms with E-state index in [-0.39, 0.29) is 6.42 Å². The molecule has 0 fully saturated rings. The van der Waals surface area contributed by atoms with E-state index in [9.17, 15) is 4.79 Å². The molecule has 1 aromatic heterocycles. The largest absolute Gasteiger partial charge is 0.481 e. The van der Waals surface area contributed by atoms with Gasteiger partial charge in [0.05, 0.1) is 12.1 Å². The number of rotatable bonds is 3. The number of aromatic nitrogens is 1. The lowest BCUT2D eigenvalue weighted by Gasteiger charge is -1.95. The zero-order valence-corrected chi connectivity index (χ0v) is 9.73. The van der Waals surface area contributed by atoms with Gasteiger partial charge in [-0.15, -0.1) is 0 Å². The van der Waals surface area contributed by atoms with Gasteiger partial charge < -0.3 is 9.52 Å². The standard InChI is InChI=1S/C13H13NO3/c1-8-3-5-10(6-4-8)13-14-11(7-12(15)16)9(2)17-13/h3-6H,7H2,1-2H3,(H,15,16). The van der Waals surface area contributed by atoms with Gasteiger partial charge >= 0.3 is 5.97 Å². The minimum atomic E-state index is -0.906. The SMILES string of the molecule is Cc1ccc(-c2nc(CC(=O)O)c(C)o2)cc1. The number of carboxylic acids is 1. The van der Waals surface area contributed by atoms with Crippen LogP contribution in [-0.4, -0.2) is 16.1 Å². The van der Waals surface area contributed by atoms with Crippen molar-refractivity contribution in [1.29, 1.82) is 0 Å². The molecule has 2 aromatic rings. The van der Waals surface area contributed by atoms with Crippen LogP contribution in [0.2, 0.25) is 0 Å². The van der Waals surface area contributed by atoms with Crippen molar-refractivity contribution < 1.29 is 14.3 Å². The molecular weight excluding hydrogens is 218 g/mol. The molecule has 2 rings (SSSR count). The average Bonchev–Trinajstić information content (AvgIpc) is 2.60. The summed E-state index contributed by atoms with van der Waals surface area (Å²) >= 11 is 0. The average molecular weight is 231 g/mol. The Bertz CT molecular complexity index is 540. The Balaban J connectivity index is 2.34. The molecule has 1 aromatic carbocycles. The van der Waals surface area contributed by atoms with Gasteiger partial charge in [-0.2, -0.15) is 0 Å². The topological polar surface area (TPSA) is 63.3 Å². The van der Waals surface area contributed by atoms with E-state index in [1.165, 1.54) is 0 Å². The molecular formula is C13H13NO3. The lowest BCUT2D eigenvalue weighted by Crippen LogP contribution is -2.01. The lowest BCUT2D eigenvalue weighted by molar-refractivity contribution is -0.136. The highest BCUT2D eigenvalue weighted by Gasteiger charge is 2.13. The Kier molecular flexibility index (Phi) is 2.95. The number of carbonyl (C=O) groups is 1. The molecule has 4 nitrogen and oxygen atoms in total. The van der Waals surface area contributed by atoms with Crippen LogP contribution in [0.25, 0.3) is 11.5 Å². The van der Waals surface area contributed by atoms with Gasteiger partial charge in [0.2, 0.25) is 5.89 Å². The molecule has 0 aliphatic carbocycles. The fourth-order valence-electron chi connectivity index (χ4n) is 1.55. The molecule has 0 atom stereocenters. The second-order valence-corrected chi connectivity index (χ2v) is 3.96. The van der Waals surface area contributed by atoms with Gasteiger partial charge in [0.1, 0.15) is 5.76 Å². The molecule has 0 aliphatic rings. The molecule has 0 unspecified atom stereocenters. The van der Waals surface area contributed by atoms with Crippen LogP contribution in [0.5, 0.6) is 0 Å². The summed E-state index contributed by atoms with van der Waals surface area (Å²) in [7, 11) is 0. The third-order valence-corrected chi connectivity index (χ3v) is 2.51. The summed E-state index contributed by atoms with van der Waals surface area (Å²) in [6, 6.07) is 7.74.